The van der Waals surface area contributed by atoms with Crippen LogP contribution < -0.4 is 10.1 Å². The summed E-state index contributed by atoms with van der Waals surface area (Å²) in [5, 5.41) is 12.2. The lowest BCUT2D eigenvalue weighted by molar-refractivity contribution is 0.371. The van der Waals surface area contributed by atoms with Crippen LogP contribution in [0.25, 0.3) is 11.1 Å². The second-order valence-corrected chi connectivity index (χ2v) is 6.62. The average Bonchev–Trinajstić information content (AvgIpc) is 3.09. The summed E-state index contributed by atoms with van der Waals surface area (Å²) in [5.41, 5.74) is 1.77. The number of rotatable bonds is 5. The molecule has 0 bridgehead atoms. The van der Waals surface area contributed by atoms with Crippen LogP contribution in [-0.4, -0.2) is 16.5 Å². The van der Waals surface area contributed by atoms with Crippen molar-refractivity contribution in [2.45, 2.75) is 32.1 Å². The summed E-state index contributed by atoms with van der Waals surface area (Å²) in [7, 11) is 0. The van der Waals surface area contributed by atoms with Crippen molar-refractivity contribution in [3.05, 3.63) is 42.2 Å². The van der Waals surface area contributed by atoms with E-state index >= 15 is 0 Å². The number of anilines is 1. The van der Waals surface area contributed by atoms with E-state index in [1.807, 2.05) is 18.2 Å². The van der Waals surface area contributed by atoms with Gasteiger partial charge in [0.2, 0.25) is 0 Å². The molecule has 0 amide bonds. The Balaban J connectivity index is 1.45. The molecule has 0 spiro atoms. The number of aromatic nitrogens is 2. The van der Waals surface area contributed by atoms with Gasteiger partial charge in [0.1, 0.15) is 28.8 Å². The van der Waals surface area contributed by atoms with Gasteiger partial charge in [0, 0.05) is 24.9 Å². The van der Waals surface area contributed by atoms with Crippen molar-refractivity contribution in [3.8, 4) is 17.6 Å². The SMILES string of the molecule is N#Cc1cc(Oc2ccc3nc(NCC4CCCCC4)oc3c2)ccn1. The Bertz CT molecular complexity index is 938. The molecule has 0 aliphatic heterocycles. The molecule has 1 aliphatic carbocycles. The van der Waals surface area contributed by atoms with Crippen LogP contribution in [0.4, 0.5) is 6.01 Å². The van der Waals surface area contributed by atoms with Gasteiger partial charge in [0.15, 0.2) is 5.58 Å². The summed E-state index contributed by atoms with van der Waals surface area (Å²) < 4.78 is 11.6. The number of benzene rings is 1. The molecule has 1 saturated carbocycles. The van der Waals surface area contributed by atoms with Crippen molar-refractivity contribution in [2.24, 2.45) is 5.92 Å². The standard InChI is InChI=1S/C20H20N4O2/c21-12-15-10-17(8-9-22-15)25-16-6-7-18-19(11-16)26-20(24-18)23-13-14-4-2-1-3-5-14/h6-11,14H,1-5,13H2,(H,23,24). The van der Waals surface area contributed by atoms with E-state index in [0.717, 1.165) is 12.1 Å². The number of nitrogens with zero attached hydrogens (tertiary/aromatic N) is 3. The highest BCUT2D eigenvalue weighted by molar-refractivity contribution is 5.76. The van der Waals surface area contributed by atoms with Crippen LogP contribution in [0.3, 0.4) is 0 Å². The van der Waals surface area contributed by atoms with Crippen LogP contribution in [0, 0.1) is 17.2 Å². The zero-order valence-electron chi connectivity index (χ0n) is 14.4. The van der Waals surface area contributed by atoms with Crippen molar-refractivity contribution in [1.82, 2.24) is 9.97 Å². The van der Waals surface area contributed by atoms with E-state index in [4.69, 9.17) is 14.4 Å². The molecular weight excluding hydrogens is 328 g/mol. The first-order valence-corrected chi connectivity index (χ1v) is 8.98. The normalized spacial score (nSPS) is 14.9. The van der Waals surface area contributed by atoms with E-state index in [1.54, 1.807) is 24.4 Å². The van der Waals surface area contributed by atoms with Crippen molar-refractivity contribution >= 4 is 17.1 Å². The lowest BCUT2D eigenvalue weighted by Gasteiger charge is -2.21. The van der Waals surface area contributed by atoms with E-state index in [9.17, 15) is 0 Å². The van der Waals surface area contributed by atoms with Gasteiger partial charge in [-0.25, -0.2) is 4.98 Å². The number of hydrogen-bond donors (Lipinski definition) is 1. The summed E-state index contributed by atoms with van der Waals surface area (Å²) >= 11 is 0. The van der Waals surface area contributed by atoms with Crippen molar-refractivity contribution < 1.29 is 9.15 Å². The second-order valence-electron chi connectivity index (χ2n) is 6.62. The molecule has 4 rings (SSSR count). The lowest BCUT2D eigenvalue weighted by atomic mass is 9.89. The molecule has 0 radical (unpaired) electrons. The maximum Gasteiger partial charge on any atom is 0.295 e. The zero-order valence-corrected chi connectivity index (χ0v) is 14.4. The zero-order chi connectivity index (χ0) is 17.8. The van der Waals surface area contributed by atoms with E-state index in [-0.39, 0.29) is 0 Å². The van der Waals surface area contributed by atoms with Crippen molar-refractivity contribution in [3.63, 3.8) is 0 Å². The highest BCUT2D eigenvalue weighted by Gasteiger charge is 2.14. The van der Waals surface area contributed by atoms with Crippen LogP contribution in [0.2, 0.25) is 0 Å². The Morgan fingerprint density at radius 2 is 2.00 bits per heavy atom. The summed E-state index contributed by atoms with van der Waals surface area (Å²) in [6.07, 6.45) is 8.11. The quantitative estimate of drug-likeness (QED) is 0.707. The molecule has 3 aromatic rings. The van der Waals surface area contributed by atoms with E-state index < -0.39 is 0 Å². The Hall–Kier alpha value is -3.07. The third-order valence-electron chi connectivity index (χ3n) is 4.71. The summed E-state index contributed by atoms with van der Waals surface area (Å²) in [6, 6.07) is 11.4. The molecule has 0 atom stereocenters. The monoisotopic (exact) mass is 348 g/mol. The molecule has 6 heteroatoms. The molecule has 0 unspecified atom stereocenters. The maximum absolute atomic E-state index is 8.92. The molecule has 6 nitrogen and oxygen atoms in total. The lowest BCUT2D eigenvalue weighted by Crippen LogP contribution is -2.17. The molecular formula is C20H20N4O2. The smallest absolute Gasteiger partial charge is 0.295 e. The number of pyridine rings is 1. The molecule has 1 N–H and O–H groups in total. The molecule has 1 aromatic carbocycles. The Morgan fingerprint density at radius 3 is 2.85 bits per heavy atom. The van der Waals surface area contributed by atoms with Crippen molar-refractivity contribution in [1.29, 1.82) is 5.26 Å². The number of hydrogen-bond acceptors (Lipinski definition) is 6. The Kier molecular flexibility index (Phi) is 4.69. The van der Waals surface area contributed by atoms with Crippen LogP contribution in [0.15, 0.2) is 40.9 Å². The van der Waals surface area contributed by atoms with E-state index in [2.05, 4.69) is 15.3 Å². The summed E-state index contributed by atoms with van der Waals surface area (Å²) in [4.78, 5) is 8.42. The minimum Gasteiger partial charge on any atom is -0.457 e. The van der Waals surface area contributed by atoms with Crippen LogP contribution >= 0.6 is 0 Å². The van der Waals surface area contributed by atoms with Gasteiger partial charge in [0.25, 0.3) is 6.01 Å². The molecule has 26 heavy (non-hydrogen) atoms. The van der Waals surface area contributed by atoms with Gasteiger partial charge in [-0.05, 0) is 37.0 Å². The summed E-state index contributed by atoms with van der Waals surface area (Å²) in [6.45, 7) is 0.907. The minimum absolute atomic E-state index is 0.317. The van der Waals surface area contributed by atoms with Gasteiger partial charge in [-0.3, -0.25) is 0 Å². The average molecular weight is 348 g/mol. The molecule has 0 saturated heterocycles. The van der Waals surface area contributed by atoms with Gasteiger partial charge in [-0.15, -0.1) is 0 Å². The maximum atomic E-state index is 8.92. The topological polar surface area (TPSA) is 84.0 Å². The second kappa shape index (κ2) is 7.44. The molecule has 132 valence electrons. The molecule has 1 fully saturated rings. The first-order valence-electron chi connectivity index (χ1n) is 8.98. The number of ether oxygens (including phenoxy) is 1. The first-order chi connectivity index (χ1) is 12.8. The number of nitrogens with one attached hydrogen (secondary N) is 1. The van der Waals surface area contributed by atoms with Gasteiger partial charge in [-0.2, -0.15) is 10.2 Å². The molecule has 2 aromatic heterocycles. The summed E-state index contributed by atoms with van der Waals surface area (Å²) in [5.74, 6) is 1.90. The van der Waals surface area contributed by atoms with E-state index in [1.165, 1.54) is 32.1 Å². The van der Waals surface area contributed by atoms with Crippen LogP contribution in [0.5, 0.6) is 11.5 Å². The van der Waals surface area contributed by atoms with Crippen LogP contribution in [-0.2, 0) is 0 Å². The highest BCUT2D eigenvalue weighted by atomic mass is 16.5. The fourth-order valence-electron chi connectivity index (χ4n) is 3.34. The largest absolute Gasteiger partial charge is 0.457 e. The minimum atomic E-state index is 0.317. The number of oxazole rings is 1. The predicted octanol–water partition coefficient (Wildman–Crippen LogP) is 4.88. The Labute approximate surface area is 151 Å². The third-order valence-corrected chi connectivity index (χ3v) is 4.71. The predicted molar refractivity (Wildman–Crippen MR) is 98.1 cm³/mol. The van der Waals surface area contributed by atoms with Gasteiger partial charge in [-0.1, -0.05) is 19.3 Å². The molecule has 1 aliphatic rings. The number of nitriles is 1. The fourth-order valence-corrected chi connectivity index (χ4v) is 3.34. The fraction of sp³-hybridized carbons (Fsp3) is 0.350. The van der Waals surface area contributed by atoms with Crippen LogP contribution in [0.1, 0.15) is 37.8 Å². The number of fused-ring (bicyclic) bond motifs is 1. The van der Waals surface area contributed by atoms with Gasteiger partial charge < -0.3 is 14.5 Å². The Morgan fingerprint density at radius 1 is 1.15 bits per heavy atom. The highest BCUT2D eigenvalue weighted by Crippen LogP contribution is 2.28. The van der Waals surface area contributed by atoms with Gasteiger partial charge >= 0.3 is 0 Å². The van der Waals surface area contributed by atoms with Crippen molar-refractivity contribution in [2.75, 3.05) is 11.9 Å². The third kappa shape index (κ3) is 3.77. The first kappa shape index (κ1) is 16.4. The van der Waals surface area contributed by atoms with Gasteiger partial charge in [0.05, 0.1) is 0 Å². The van der Waals surface area contributed by atoms with E-state index in [0.29, 0.717) is 34.7 Å². The molecule has 2 heterocycles.